The van der Waals surface area contributed by atoms with Gasteiger partial charge in [-0.1, -0.05) is 35.9 Å². The molecular weight excluding hydrogens is 316 g/mol. The van der Waals surface area contributed by atoms with Crippen molar-refractivity contribution < 1.29 is 9.53 Å². The normalized spacial score (nSPS) is 15.3. The van der Waals surface area contributed by atoms with Crippen molar-refractivity contribution in [1.82, 2.24) is 15.0 Å². The molecule has 0 saturated heterocycles. The quantitative estimate of drug-likeness (QED) is 0.547. The Kier molecular flexibility index (Phi) is 3.70. The number of aliphatic imine (C=N–C) groups is 1. The Hall–Kier alpha value is -3.54. The molecule has 1 aliphatic rings. The molecule has 6 heteroatoms. The summed E-state index contributed by atoms with van der Waals surface area (Å²) in [6.45, 7) is 1.99. The number of esters is 1. The van der Waals surface area contributed by atoms with Gasteiger partial charge in [-0.2, -0.15) is 9.90 Å². The minimum atomic E-state index is -0.496. The lowest BCUT2D eigenvalue weighted by Gasteiger charge is -1.99. The van der Waals surface area contributed by atoms with E-state index < -0.39 is 5.97 Å². The van der Waals surface area contributed by atoms with E-state index in [-0.39, 0.29) is 5.70 Å². The van der Waals surface area contributed by atoms with Crippen molar-refractivity contribution in [2.24, 2.45) is 4.99 Å². The first-order valence-electron chi connectivity index (χ1n) is 7.76. The molecule has 0 bridgehead atoms. The van der Waals surface area contributed by atoms with Crippen LogP contribution in [0.1, 0.15) is 16.8 Å². The van der Waals surface area contributed by atoms with Crippen molar-refractivity contribution in [3.63, 3.8) is 0 Å². The van der Waals surface area contributed by atoms with Crippen LogP contribution >= 0.6 is 0 Å². The topological polar surface area (TPSA) is 69.4 Å². The Morgan fingerprint density at radius 2 is 1.80 bits per heavy atom. The number of cyclic esters (lactones) is 1. The molecule has 0 unspecified atom stereocenters. The predicted octanol–water partition coefficient (Wildman–Crippen LogP) is 2.92. The van der Waals surface area contributed by atoms with Gasteiger partial charge in [-0.3, -0.25) is 0 Å². The summed E-state index contributed by atoms with van der Waals surface area (Å²) in [6, 6.07) is 17.2. The highest BCUT2D eigenvalue weighted by Gasteiger charge is 2.24. The van der Waals surface area contributed by atoms with Gasteiger partial charge in [-0.05, 0) is 31.2 Å². The van der Waals surface area contributed by atoms with E-state index in [1.807, 2.05) is 61.5 Å². The summed E-state index contributed by atoms with van der Waals surface area (Å²) >= 11 is 0. The number of benzene rings is 2. The van der Waals surface area contributed by atoms with Gasteiger partial charge >= 0.3 is 5.97 Å². The van der Waals surface area contributed by atoms with E-state index in [0.717, 1.165) is 16.8 Å². The van der Waals surface area contributed by atoms with Gasteiger partial charge in [0.05, 0.1) is 11.9 Å². The van der Waals surface area contributed by atoms with E-state index in [4.69, 9.17) is 4.74 Å². The molecule has 0 spiro atoms. The lowest BCUT2D eigenvalue weighted by atomic mass is 10.1. The van der Waals surface area contributed by atoms with E-state index >= 15 is 0 Å². The summed E-state index contributed by atoms with van der Waals surface area (Å²) in [4.78, 5) is 17.8. The number of para-hydroxylation sites is 1. The van der Waals surface area contributed by atoms with Crippen LogP contribution in [-0.4, -0.2) is 26.9 Å². The second-order valence-electron chi connectivity index (χ2n) is 5.60. The maximum absolute atomic E-state index is 12.0. The average molecular weight is 330 g/mol. The van der Waals surface area contributed by atoms with Gasteiger partial charge in [0.15, 0.2) is 5.70 Å². The van der Waals surface area contributed by atoms with Gasteiger partial charge in [-0.25, -0.2) is 9.79 Å². The van der Waals surface area contributed by atoms with Gasteiger partial charge in [-0.15, -0.1) is 5.10 Å². The third kappa shape index (κ3) is 3.10. The smallest absolute Gasteiger partial charge is 0.363 e. The molecular formula is C19H14N4O2. The number of carbonyl (C=O) groups is 1. The number of rotatable bonds is 3. The summed E-state index contributed by atoms with van der Waals surface area (Å²) in [7, 11) is 0. The zero-order chi connectivity index (χ0) is 17.2. The molecule has 1 aromatic heterocycles. The van der Waals surface area contributed by atoms with Crippen LogP contribution in [-0.2, 0) is 9.53 Å². The molecule has 2 heterocycles. The number of hydrogen-bond acceptors (Lipinski definition) is 5. The first-order valence-corrected chi connectivity index (χ1v) is 7.76. The van der Waals surface area contributed by atoms with E-state index in [2.05, 4.69) is 15.2 Å². The Bertz CT molecular complexity index is 986. The largest absolute Gasteiger partial charge is 0.402 e. The van der Waals surface area contributed by atoms with Crippen LogP contribution in [0.15, 0.2) is 71.5 Å². The molecule has 25 heavy (non-hydrogen) atoms. The summed E-state index contributed by atoms with van der Waals surface area (Å²) < 4.78 is 5.25. The van der Waals surface area contributed by atoms with E-state index in [1.54, 1.807) is 12.3 Å². The lowest BCUT2D eigenvalue weighted by Crippen LogP contribution is -2.05. The van der Waals surface area contributed by atoms with Crippen LogP contribution in [0.5, 0.6) is 0 Å². The monoisotopic (exact) mass is 330 g/mol. The molecule has 122 valence electrons. The van der Waals surface area contributed by atoms with Crippen molar-refractivity contribution in [3.8, 4) is 5.69 Å². The molecule has 2 aromatic carbocycles. The zero-order valence-electron chi connectivity index (χ0n) is 13.5. The fraction of sp³-hybridized carbons (Fsp3) is 0.0526. The van der Waals surface area contributed by atoms with Crippen molar-refractivity contribution in [2.75, 3.05) is 0 Å². The maximum Gasteiger partial charge on any atom is 0.363 e. The number of aromatic nitrogens is 3. The summed E-state index contributed by atoms with van der Waals surface area (Å²) in [5.74, 6) is -0.198. The summed E-state index contributed by atoms with van der Waals surface area (Å²) in [5.41, 5.74) is 3.46. The highest BCUT2D eigenvalue weighted by molar-refractivity contribution is 6.12. The van der Waals surface area contributed by atoms with Crippen molar-refractivity contribution in [1.29, 1.82) is 0 Å². The SMILES string of the molecule is Cc1ccc(C2=N/C(=C\c3cnn(-c4ccccc4)n3)C(=O)O2)cc1. The van der Waals surface area contributed by atoms with Crippen LogP contribution in [0, 0.1) is 6.92 Å². The number of aryl methyl sites for hydroxylation is 1. The number of nitrogens with zero attached hydrogens (tertiary/aromatic N) is 4. The molecule has 0 radical (unpaired) electrons. The summed E-state index contributed by atoms with van der Waals surface area (Å²) in [6.07, 6.45) is 3.14. The van der Waals surface area contributed by atoms with Crippen LogP contribution in [0.3, 0.4) is 0 Å². The van der Waals surface area contributed by atoms with Crippen LogP contribution < -0.4 is 0 Å². The van der Waals surface area contributed by atoms with E-state index in [1.165, 1.54) is 4.80 Å². The van der Waals surface area contributed by atoms with E-state index in [0.29, 0.717) is 11.6 Å². The Morgan fingerprint density at radius 3 is 2.56 bits per heavy atom. The van der Waals surface area contributed by atoms with Gasteiger partial charge < -0.3 is 4.74 Å². The highest BCUT2D eigenvalue weighted by atomic mass is 16.6. The predicted molar refractivity (Wildman–Crippen MR) is 93.1 cm³/mol. The molecule has 4 rings (SSSR count). The standard InChI is InChI=1S/C19H14N4O2/c1-13-7-9-14(10-8-13)18-21-17(19(24)25-18)11-15-12-20-23(22-15)16-5-3-2-4-6-16/h2-12H,1H3/b17-11-. The third-order valence-electron chi connectivity index (χ3n) is 3.70. The average Bonchev–Trinajstić information content (AvgIpc) is 3.24. The highest BCUT2D eigenvalue weighted by Crippen LogP contribution is 2.19. The minimum Gasteiger partial charge on any atom is -0.402 e. The second kappa shape index (κ2) is 6.16. The maximum atomic E-state index is 12.0. The molecule has 0 atom stereocenters. The van der Waals surface area contributed by atoms with Crippen LogP contribution in [0.25, 0.3) is 11.8 Å². The molecule has 0 saturated carbocycles. The van der Waals surface area contributed by atoms with Crippen molar-refractivity contribution in [3.05, 3.63) is 83.3 Å². The van der Waals surface area contributed by atoms with Crippen molar-refractivity contribution >= 4 is 17.9 Å². The molecule has 6 nitrogen and oxygen atoms in total. The number of ether oxygens (including phenoxy) is 1. The number of carbonyl (C=O) groups excluding carboxylic acids is 1. The Morgan fingerprint density at radius 1 is 1.04 bits per heavy atom. The third-order valence-corrected chi connectivity index (χ3v) is 3.70. The van der Waals surface area contributed by atoms with Crippen molar-refractivity contribution in [2.45, 2.75) is 6.92 Å². The minimum absolute atomic E-state index is 0.204. The Labute approximate surface area is 144 Å². The van der Waals surface area contributed by atoms with Crippen LogP contribution in [0.4, 0.5) is 0 Å². The van der Waals surface area contributed by atoms with Crippen LogP contribution in [0.2, 0.25) is 0 Å². The molecule has 0 aliphatic carbocycles. The molecule has 1 aliphatic heterocycles. The van der Waals surface area contributed by atoms with Gasteiger partial charge in [0.2, 0.25) is 5.90 Å². The summed E-state index contributed by atoms with van der Waals surface area (Å²) in [5, 5.41) is 8.54. The first-order chi connectivity index (χ1) is 12.2. The molecule has 3 aromatic rings. The Balaban J connectivity index is 1.62. The zero-order valence-corrected chi connectivity index (χ0v) is 13.5. The second-order valence-corrected chi connectivity index (χ2v) is 5.60. The van der Waals surface area contributed by atoms with Gasteiger partial charge in [0, 0.05) is 11.6 Å². The molecule has 0 amide bonds. The fourth-order valence-electron chi connectivity index (χ4n) is 2.40. The first kappa shape index (κ1) is 15.0. The fourth-order valence-corrected chi connectivity index (χ4v) is 2.40. The lowest BCUT2D eigenvalue weighted by molar-refractivity contribution is -0.129. The van der Waals surface area contributed by atoms with E-state index in [9.17, 15) is 4.79 Å². The van der Waals surface area contributed by atoms with Gasteiger partial charge in [0.25, 0.3) is 0 Å². The number of hydrogen-bond donors (Lipinski definition) is 0. The molecule has 0 fully saturated rings. The molecule has 0 N–H and O–H groups in total. The van der Waals surface area contributed by atoms with Gasteiger partial charge in [0.1, 0.15) is 5.69 Å².